The van der Waals surface area contributed by atoms with Gasteiger partial charge < -0.3 is 0 Å². The second-order valence-electron chi connectivity index (χ2n) is 5.41. The fourth-order valence-corrected chi connectivity index (χ4v) is 4.19. The third-order valence-corrected chi connectivity index (χ3v) is 5.72. The molecule has 3 aromatic rings. The summed E-state index contributed by atoms with van der Waals surface area (Å²) in [5.74, 6) is 0. The smallest absolute Gasteiger partial charge is 0.200 e. The third kappa shape index (κ3) is 3.96. The Morgan fingerprint density at radius 2 is 1.56 bits per heavy atom. The lowest BCUT2D eigenvalue weighted by Gasteiger charge is -2.12. The molecule has 0 aliphatic carbocycles. The van der Waals surface area contributed by atoms with Gasteiger partial charge in [0.15, 0.2) is 5.69 Å². The predicted octanol–water partition coefficient (Wildman–Crippen LogP) is 4.22. The first-order chi connectivity index (χ1) is 12.7. The second-order valence-corrected chi connectivity index (χ2v) is 7.89. The van der Waals surface area contributed by atoms with Crippen LogP contribution in [0.3, 0.4) is 0 Å². The van der Waals surface area contributed by atoms with E-state index in [0.29, 0.717) is 10.4 Å². The molecule has 3 rings (SSSR count). The van der Waals surface area contributed by atoms with Crippen LogP contribution in [0.1, 0.15) is 5.69 Å². The Morgan fingerprint density at radius 1 is 1.00 bits per heavy atom. The summed E-state index contributed by atoms with van der Waals surface area (Å²) in [6.45, 7) is 0. The minimum Gasteiger partial charge on any atom is -0.200 e. The van der Waals surface area contributed by atoms with Crippen LogP contribution in [-0.2, 0) is 16.2 Å². The van der Waals surface area contributed by atoms with Crippen LogP contribution in [0.2, 0.25) is 0 Å². The van der Waals surface area contributed by atoms with Gasteiger partial charge in [-0.25, -0.2) is 0 Å². The molecule has 0 atom stereocenters. The summed E-state index contributed by atoms with van der Waals surface area (Å²) in [5.41, 5.74) is -0.722. The zero-order chi connectivity index (χ0) is 19.7. The van der Waals surface area contributed by atoms with Gasteiger partial charge in [-0.3, -0.25) is 0 Å². The van der Waals surface area contributed by atoms with E-state index < -0.39 is 21.9 Å². The molecular weight excluding hydrogens is 399 g/mol. The molecule has 0 spiro atoms. The van der Waals surface area contributed by atoms with E-state index in [1.54, 1.807) is 36.4 Å². The average molecular weight is 413 g/mol. The summed E-state index contributed by atoms with van der Waals surface area (Å²) in [7, 11) is -4.13. The molecule has 5 nitrogen and oxygen atoms in total. The Bertz CT molecular complexity index is 1030. The molecule has 0 bridgehead atoms. The SMILES string of the molecule is CSc1c(C(F)(F)F)nn(NS(=O)(=O)c2ccccc2)c1-c1ccccc1. The van der Waals surface area contributed by atoms with E-state index >= 15 is 0 Å². The first kappa shape index (κ1) is 19.3. The van der Waals surface area contributed by atoms with Crippen LogP contribution < -0.4 is 4.83 Å². The van der Waals surface area contributed by atoms with E-state index in [1.165, 1.54) is 30.5 Å². The first-order valence-corrected chi connectivity index (χ1v) is 10.3. The van der Waals surface area contributed by atoms with Crippen molar-refractivity contribution >= 4 is 21.8 Å². The number of hydrogen-bond donors (Lipinski definition) is 1. The van der Waals surface area contributed by atoms with Crippen molar-refractivity contribution in [3.8, 4) is 11.3 Å². The number of nitrogens with zero attached hydrogens (tertiary/aromatic N) is 2. The van der Waals surface area contributed by atoms with E-state index in [4.69, 9.17) is 0 Å². The highest BCUT2D eigenvalue weighted by molar-refractivity contribution is 7.98. The maximum atomic E-state index is 13.4. The molecule has 1 heterocycles. The zero-order valence-electron chi connectivity index (χ0n) is 13.9. The summed E-state index contributed by atoms with van der Waals surface area (Å²) in [6.07, 6.45) is -3.25. The van der Waals surface area contributed by atoms with Crippen LogP contribution in [0.15, 0.2) is 70.5 Å². The normalized spacial score (nSPS) is 12.1. The lowest BCUT2D eigenvalue weighted by molar-refractivity contribution is -0.143. The van der Waals surface area contributed by atoms with Crippen LogP contribution in [0.25, 0.3) is 11.3 Å². The Labute approximate surface area is 158 Å². The largest absolute Gasteiger partial charge is 0.436 e. The van der Waals surface area contributed by atoms with E-state index in [9.17, 15) is 21.6 Å². The van der Waals surface area contributed by atoms with Gasteiger partial charge in [-0.1, -0.05) is 48.5 Å². The van der Waals surface area contributed by atoms with Crippen LogP contribution in [-0.4, -0.2) is 24.6 Å². The predicted molar refractivity (Wildman–Crippen MR) is 97.4 cm³/mol. The van der Waals surface area contributed by atoms with E-state index in [1.807, 2.05) is 0 Å². The van der Waals surface area contributed by atoms with Crippen molar-refractivity contribution in [3.05, 3.63) is 66.4 Å². The van der Waals surface area contributed by atoms with E-state index in [2.05, 4.69) is 9.93 Å². The number of sulfonamides is 1. The number of aromatic nitrogens is 2. The lowest BCUT2D eigenvalue weighted by Crippen LogP contribution is -2.25. The summed E-state index contributed by atoms with van der Waals surface area (Å²) in [4.78, 5) is 2.56. The fraction of sp³-hybridized carbons (Fsp3) is 0.118. The van der Waals surface area contributed by atoms with Crippen molar-refractivity contribution < 1.29 is 21.6 Å². The van der Waals surface area contributed by atoms with Gasteiger partial charge >= 0.3 is 6.18 Å². The standard InChI is InChI=1S/C17H14F3N3O2S2/c1-26-15-14(12-8-4-2-5-9-12)23(21-16(15)17(18,19)20)22-27(24,25)13-10-6-3-7-11-13/h2-11,22H,1H3. The van der Waals surface area contributed by atoms with Gasteiger partial charge in [0.1, 0.15) is 5.69 Å². The molecule has 27 heavy (non-hydrogen) atoms. The van der Waals surface area contributed by atoms with Crippen molar-refractivity contribution in [3.63, 3.8) is 0 Å². The molecule has 2 aromatic carbocycles. The molecule has 1 aromatic heterocycles. The van der Waals surface area contributed by atoms with Gasteiger partial charge in [0.25, 0.3) is 10.0 Å². The molecule has 0 aliphatic rings. The molecule has 0 radical (unpaired) electrons. The summed E-state index contributed by atoms with van der Waals surface area (Å²) in [6, 6.07) is 15.5. The number of benzene rings is 2. The lowest BCUT2D eigenvalue weighted by atomic mass is 10.1. The molecule has 0 unspecified atom stereocenters. The third-order valence-electron chi connectivity index (χ3n) is 3.62. The van der Waals surface area contributed by atoms with Crippen LogP contribution >= 0.6 is 11.8 Å². The number of thioether (sulfide) groups is 1. The van der Waals surface area contributed by atoms with E-state index in [0.717, 1.165) is 11.8 Å². The number of nitrogens with one attached hydrogen (secondary N) is 1. The highest BCUT2D eigenvalue weighted by Crippen LogP contribution is 2.40. The molecule has 0 aliphatic heterocycles. The molecular formula is C17H14F3N3O2S2. The summed E-state index contributed by atoms with van der Waals surface area (Å²) >= 11 is 0.848. The minimum atomic E-state index is -4.73. The molecule has 0 saturated carbocycles. The molecule has 0 fully saturated rings. The average Bonchev–Trinajstić information content (AvgIpc) is 3.01. The van der Waals surface area contributed by atoms with E-state index in [-0.39, 0.29) is 15.5 Å². The van der Waals surface area contributed by atoms with Crippen LogP contribution in [0, 0.1) is 0 Å². The number of rotatable bonds is 5. The topological polar surface area (TPSA) is 64.0 Å². The summed E-state index contributed by atoms with van der Waals surface area (Å²) < 4.78 is 65.5. The maximum absolute atomic E-state index is 13.4. The minimum absolute atomic E-state index is 0.0231. The van der Waals surface area contributed by atoms with Gasteiger partial charge in [0.2, 0.25) is 0 Å². The fourth-order valence-electron chi connectivity index (χ4n) is 2.46. The summed E-state index contributed by atoms with van der Waals surface area (Å²) in [5, 5.41) is 3.52. The van der Waals surface area contributed by atoms with Gasteiger partial charge in [-0.15, -0.1) is 16.9 Å². The first-order valence-electron chi connectivity index (χ1n) is 7.61. The highest BCUT2D eigenvalue weighted by Gasteiger charge is 2.40. The monoisotopic (exact) mass is 413 g/mol. The van der Waals surface area contributed by atoms with Crippen molar-refractivity contribution in [2.24, 2.45) is 0 Å². The quantitative estimate of drug-likeness (QED) is 0.636. The van der Waals surface area contributed by atoms with Crippen molar-refractivity contribution in [2.45, 2.75) is 16.0 Å². The maximum Gasteiger partial charge on any atom is 0.436 e. The highest BCUT2D eigenvalue weighted by atomic mass is 32.2. The second kappa shape index (κ2) is 7.28. The molecule has 142 valence electrons. The molecule has 0 amide bonds. The molecule has 0 saturated heterocycles. The number of halogens is 3. The van der Waals surface area contributed by atoms with Gasteiger partial charge in [0, 0.05) is 5.56 Å². The Balaban J connectivity index is 2.19. The molecule has 10 heteroatoms. The van der Waals surface area contributed by atoms with Crippen molar-refractivity contribution in [1.29, 1.82) is 0 Å². The van der Waals surface area contributed by atoms with Gasteiger partial charge in [0.05, 0.1) is 9.79 Å². The molecule has 1 N–H and O–H groups in total. The van der Waals surface area contributed by atoms with Crippen molar-refractivity contribution in [2.75, 3.05) is 11.1 Å². The Kier molecular flexibility index (Phi) is 5.20. The Hall–Kier alpha value is -2.46. The van der Waals surface area contributed by atoms with Crippen LogP contribution in [0.5, 0.6) is 0 Å². The van der Waals surface area contributed by atoms with Gasteiger partial charge in [-0.05, 0) is 18.4 Å². The van der Waals surface area contributed by atoms with Crippen molar-refractivity contribution in [1.82, 2.24) is 9.89 Å². The zero-order valence-corrected chi connectivity index (χ0v) is 15.6. The Morgan fingerprint density at radius 3 is 2.07 bits per heavy atom. The van der Waals surface area contributed by atoms with Gasteiger partial charge in [-0.2, -0.15) is 31.2 Å². The number of hydrogen-bond acceptors (Lipinski definition) is 4. The number of alkyl halides is 3. The van der Waals surface area contributed by atoms with Crippen LogP contribution in [0.4, 0.5) is 13.2 Å².